The molecule has 1 aliphatic heterocycles. The Labute approximate surface area is 123 Å². The maximum Gasteiger partial charge on any atom is 0.317 e. The minimum absolute atomic E-state index is 0.0184. The van der Waals surface area contributed by atoms with Crippen molar-refractivity contribution in [3.8, 4) is 11.5 Å². The summed E-state index contributed by atoms with van der Waals surface area (Å²) in [5.41, 5.74) is 0.909. The van der Waals surface area contributed by atoms with Gasteiger partial charge in [-0.3, -0.25) is 0 Å². The van der Waals surface area contributed by atoms with Gasteiger partial charge >= 0.3 is 6.03 Å². The molecule has 0 unspecified atom stereocenters. The Morgan fingerprint density at radius 2 is 2.05 bits per heavy atom. The third-order valence-electron chi connectivity index (χ3n) is 3.21. The number of ether oxygens (including phenoxy) is 2. The Morgan fingerprint density at radius 3 is 2.70 bits per heavy atom. The van der Waals surface area contributed by atoms with Gasteiger partial charge in [0.2, 0.25) is 0 Å². The summed E-state index contributed by atoms with van der Waals surface area (Å²) in [5.74, 6) is 3.37. The average Bonchev–Trinajstić information content (AvgIpc) is 2.52. The Bertz CT molecular complexity index is 462. The molecule has 1 fully saturated rings. The highest BCUT2D eigenvalue weighted by atomic mass is 32.2. The van der Waals surface area contributed by atoms with Crippen LogP contribution in [0.3, 0.4) is 0 Å². The predicted molar refractivity (Wildman–Crippen MR) is 80.7 cm³/mol. The van der Waals surface area contributed by atoms with E-state index < -0.39 is 0 Å². The number of hydrogen-bond acceptors (Lipinski definition) is 4. The van der Waals surface area contributed by atoms with Crippen molar-refractivity contribution in [1.29, 1.82) is 0 Å². The lowest BCUT2D eigenvalue weighted by Gasteiger charge is -2.26. The van der Waals surface area contributed by atoms with Gasteiger partial charge in [-0.15, -0.1) is 0 Å². The van der Waals surface area contributed by atoms with E-state index in [0.717, 1.165) is 30.2 Å². The van der Waals surface area contributed by atoms with E-state index >= 15 is 0 Å². The molecule has 1 aliphatic rings. The number of nitrogens with zero attached hydrogens (tertiary/aromatic N) is 1. The highest BCUT2D eigenvalue weighted by Crippen LogP contribution is 2.30. The average molecular weight is 296 g/mol. The van der Waals surface area contributed by atoms with Crippen molar-refractivity contribution < 1.29 is 14.3 Å². The molecule has 1 heterocycles. The number of carbonyl (C=O) groups excluding carboxylic acids is 1. The van der Waals surface area contributed by atoms with Crippen LogP contribution in [0.2, 0.25) is 0 Å². The van der Waals surface area contributed by atoms with Crippen molar-refractivity contribution in [1.82, 2.24) is 10.2 Å². The zero-order valence-electron chi connectivity index (χ0n) is 11.8. The van der Waals surface area contributed by atoms with Crippen LogP contribution in [0.5, 0.6) is 11.5 Å². The van der Waals surface area contributed by atoms with Crippen LogP contribution < -0.4 is 14.8 Å². The topological polar surface area (TPSA) is 50.8 Å². The van der Waals surface area contributed by atoms with E-state index in [-0.39, 0.29) is 6.03 Å². The van der Waals surface area contributed by atoms with Crippen molar-refractivity contribution in [2.45, 2.75) is 6.54 Å². The van der Waals surface area contributed by atoms with Crippen molar-refractivity contribution in [2.75, 3.05) is 38.8 Å². The van der Waals surface area contributed by atoms with E-state index in [0.29, 0.717) is 18.0 Å². The number of urea groups is 1. The summed E-state index contributed by atoms with van der Waals surface area (Å²) in [6.07, 6.45) is 0. The second-order valence-corrected chi connectivity index (χ2v) is 5.64. The van der Waals surface area contributed by atoms with E-state index in [1.807, 2.05) is 34.9 Å². The summed E-state index contributed by atoms with van der Waals surface area (Å²) < 4.78 is 10.6. The Morgan fingerprint density at radius 1 is 1.30 bits per heavy atom. The van der Waals surface area contributed by atoms with Crippen LogP contribution in [-0.4, -0.2) is 49.7 Å². The summed E-state index contributed by atoms with van der Waals surface area (Å²) in [6.45, 7) is 2.06. The molecular weight excluding hydrogens is 276 g/mol. The fourth-order valence-corrected chi connectivity index (χ4v) is 3.05. The number of benzene rings is 1. The van der Waals surface area contributed by atoms with Gasteiger partial charge in [-0.05, 0) is 6.07 Å². The first-order valence-corrected chi connectivity index (χ1v) is 7.72. The summed E-state index contributed by atoms with van der Waals surface area (Å²) in [5, 5.41) is 2.94. The van der Waals surface area contributed by atoms with Crippen LogP contribution in [0.1, 0.15) is 5.56 Å². The lowest BCUT2D eigenvalue weighted by atomic mass is 10.2. The number of thioether (sulfide) groups is 1. The van der Waals surface area contributed by atoms with Crippen molar-refractivity contribution >= 4 is 17.8 Å². The number of carbonyl (C=O) groups is 1. The monoisotopic (exact) mass is 296 g/mol. The Hall–Kier alpha value is -1.56. The van der Waals surface area contributed by atoms with Crippen LogP contribution >= 0.6 is 11.8 Å². The van der Waals surface area contributed by atoms with E-state index in [1.54, 1.807) is 14.2 Å². The first-order chi connectivity index (χ1) is 9.76. The predicted octanol–water partition coefficient (Wildman–Crippen LogP) is 1.96. The molecule has 1 saturated heterocycles. The number of hydrogen-bond donors (Lipinski definition) is 1. The third-order valence-corrected chi connectivity index (χ3v) is 4.16. The molecule has 0 atom stereocenters. The van der Waals surface area contributed by atoms with Crippen LogP contribution in [-0.2, 0) is 6.54 Å². The zero-order valence-corrected chi connectivity index (χ0v) is 12.7. The molecule has 0 aromatic heterocycles. The number of rotatable bonds is 4. The molecule has 0 saturated carbocycles. The maximum absolute atomic E-state index is 12.1. The van der Waals surface area contributed by atoms with Crippen LogP contribution in [0.25, 0.3) is 0 Å². The van der Waals surface area contributed by atoms with Crippen LogP contribution in [0, 0.1) is 0 Å². The van der Waals surface area contributed by atoms with Crippen molar-refractivity contribution in [2.24, 2.45) is 0 Å². The number of methoxy groups -OCH3 is 2. The van der Waals surface area contributed by atoms with Crippen molar-refractivity contribution in [3.05, 3.63) is 23.8 Å². The Balaban J connectivity index is 1.98. The first-order valence-electron chi connectivity index (χ1n) is 6.56. The summed E-state index contributed by atoms with van der Waals surface area (Å²) in [6, 6.07) is 5.63. The van der Waals surface area contributed by atoms with E-state index in [1.165, 1.54) is 0 Å². The molecule has 2 rings (SSSR count). The number of para-hydroxylation sites is 1. The van der Waals surface area contributed by atoms with E-state index in [9.17, 15) is 4.79 Å². The Kier molecular flexibility index (Phi) is 5.40. The molecule has 0 radical (unpaired) electrons. The summed E-state index contributed by atoms with van der Waals surface area (Å²) >= 11 is 1.88. The quantitative estimate of drug-likeness (QED) is 0.923. The largest absolute Gasteiger partial charge is 0.493 e. The van der Waals surface area contributed by atoms with Gasteiger partial charge in [0.25, 0.3) is 0 Å². The number of amides is 2. The standard InChI is InChI=1S/C14H20N2O3S/c1-18-12-5-3-4-11(13(12)19-2)10-15-14(17)16-6-8-20-9-7-16/h3-5H,6-10H2,1-2H3,(H,15,17). The van der Waals surface area contributed by atoms with Gasteiger partial charge in [-0.1, -0.05) is 12.1 Å². The minimum Gasteiger partial charge on any atom is -0.493 e. The smallest absolute Gasteiger partial charge is 0.317 e. The lowest BCUT2D eigenvalue weighted by Crippen LogP contribution is -2.44. The van der Waals surface area contributed by atoms with E-state index in [2.05, 4.69) is 5.32 Å². The molecule has 0 aliphatic carbocycles. The van der Waals surface area contributed by atoms with E-state index in [4.69, 9.17) is 9.47 Å². The molecule has 1 N–H and O–H groups in total. The van der Waals surface area contributed by atoms with Gasteiger partial charge < -0.3 is 19.7 Å². The van der Waals surface area contributed by atoms with Gasteiger partial charge in [0.05, 0.1) is 14.2 Å². The first kappa shape index (κ1) is 14.8. The minimum atomic E-state index is -0.0184. The van der Waals surface area contributed by atoms with Crippen LogP contribution in [0.4, 0.5) is 4.79 Å². The highest BCUT2D eigenvalue weighted by Gasteiger charge is 2.17. The van der Waals surface area contributed by atoms with Crippen LogP contribution in [0.15, 0.2) is 18.2 Å². The lowest BCUT2D eigenvalue weighted by molar-refractivity contribution is 0.202. The molecule has 6 heteroatoms. The summed E-state index contributed by atoms with van der Waals surface area (Å²) in [4.78, 5) is 13.9. The van der Waals surface area contributed by atoms with Gasteiger partial charge in [0.1, 0.15) is 0 Å². The fourth-order valence-electron chi connectivity index (χ4n) is 2.14. The fraction of sp³-hybridized carbons (Fsp3) is 0.500. The van der Waals surface area contributed by atoms with Crippen molar-refractivity contribution in [3.63, 3.8) is 0 Å². The highest BCUT2D eigenvalue weighted by molar-refractivity contribution is 7.99. The van der Waals surface area contributed by atoms with Gasteiger partial charge in [0.15, 0.2) is 11.5 Å². The van der Waals surface area contributed by atoms with Gasteiger partial charge in [-0.2, -0.15) is 11.8 Å². The third kappa shape index (κ3) is 3.50. The SMILES string of the molecule is COc1cccc(CNC(=O)N2CCSCC2)c1OC. The summed E-state index contributed by atoms with van der Waals surface area (Å²) in [7, 11) is 3.21. The van der Waals surface area contributed by atoms with Gasteiger partial charge in [0, 0.05) is 36.7 Å². The molecular formula is C14H20N2O3S. The molecule has 1 aromatic rings. The second kappa shape index (κ2) is 7.28. The molecule has 110 valence electrons. The van der Waals surface area contributed by atoms with Gasteiger partial charge in [-0.25, -0.2) is 4.79 Å². The molecule has 2 amide bonds. The molecule has 20 heavy (non-hydrogen) atoms. The maximum atomic E-state index is 12.1. The normalized spacial score (nSPS) is 14.8. The molecule has 0 bridgehead atoms. The molecule has 0 spiro atoms. The zero-order chi connectivity index (χ0) is 14.4. The molecule has 1 aromatic carbocycles. The second-order valence-electron chi connectivity index (χ2n) is 4.41. The molecule has 5 nitrogen and oxygen atoms in total. The number of nitrogens with one attached hydrogen (secondary N) is 1.